The molecule has 1 aromatic rings. The number of benzene rings is 1. The number of nitro groups is 1. The van der Waals surface area contributed by atoms with Gasteiger partial charge in [0.15, 0.2) is 0 Å². The summed E-state index contributed by atoms with van der Waals surface area (Å²) in [5, 5.41) is 13.1. The number of nitrogens with zero attached hydrogens (tertiary/aromatic N) is 1. The van der Waals surface area contributed by atoms with E-state index in [4.69, 9.17) is 18.0 Å². The van der Waals surface area contributed by atoms with Crippen molar-refractivity contribution in [3.8, 4) is 12.3 Å². The van der Waals surface area contributed by atoms with Crippen LogP contribution >= 0.6 is 11.6 Å². The van der Waals surface area contributed by atoms with Crippen molar-refractivity contribution >= 4 is 23.2 Å². The molecule has 0 fully saturated rings. The average molecular weight is 253 g/mol. The lowest BCUT2D eigenvalue weighted by molar-refractivity contribution is -0.384. The number of carbonyl (C=O) groups is 1. The fourth-order valence-corrected chi connectivity index (χ4v) is 1.41. The van der Waals surface area contributed by atoms with Crippen molar-refractivity contribution in [2.45, 2.75) is 6.42 Å². The van der Waals surface area contributed by atoms with Gasteiger partial charge in [0.05, 0.1) is 15.5 Å². The molecule has 0 unspecified atom stereocenters. The molecule has 0 aliphatic carbocycles. The van der Waals surface area contributed by atoms with E-state index in [0.29, 0.717) is 13.0 Å². The number of nitro benzene ring substituents is 1. The molecule has 0 bridgehead atoms. The van der Waals surface area contributed by atoms with Gasteiger partial charge in [0.2, 0.25) is 0 Å². The Hall–Kier alpha value is -2.06. The molecule has 1 amide bonds. The third kappa shape index (κ3) is 3.47. The topological polar surface area (TPSA) is 72.2 Å². The Morgan fingerprint density at radius 2 is 2.29 bits per heavy atom. The van der Waals surface area contributed by atoms with E-state index in [0.717, 1.165) is 6.07 Å². The van der Waals surface area contributed by atoms with E-state index < -0.39 is 10.8 Å². The van der Waals surface area contributed by atoms with E-state index in [-0.39, 0.29) is 16.3 Å². The third-order valence-electron chi connectivity index (χ3n) is 1.96. The highest BCUT2D eigenvalue weighted by molar-refractivity contribution is 6.34. The molecule has 1 rings (SSSR count). The van der Waals surface area contributed by atoms with E-state index in [9.17, 15) is 14.9 Å². The predicted octanol–water partition coefficient (Wildman–Crippen LogP) is 2.00. The number of amides is 1. The van der Waals surface area contributed by atoms with Gasteiger partial charge in [-0.15, -0.1) is 12.3 Å². The minimum atomic E-state index is -0.577. The Kier molecular flexibility index (Phi) is 4.49. The number of rotatable bonds is 4. The molecule has 0 heterocycles. The molecule has 0 aromatic heterocycles. The summed E-state index contributed by atoms with van der Waals surface area (Å²) in [5.41, 5.74) is 0.0319. The molecule has 0 aliphatic heterocycles. The second kappa shape index (κ2) is 5.87. The summed E-state index contributed by atoms with van der Waals surface area (Å²) in [6.45, 7) is 0.336. The first-order chi connectivity index (χ1) is 8.06. The van der Waals surface area contributed by atoms with Crippen LogP contribution < -0.4 is 5.32 Å². The average Bonchev–Trinajstić information content (AvgIpc) is 2.28. The second-order valence-electron chi connectivity index (χ2n) is 3.13. The molecule has 1 N–H and O–H groups in total. The quantitative estimate of drug-likeness (QED) is 0.386. The van der Waals surface area contributed by atoms with Crippen LogP contribution in [-0.4, -0.2) is 17.4 Å². The Morgan fingerprint density at radius 1 is 1.59 bits per heavy atom. The van der Waals surface area contributed by atoms with E-state index in [2.05, 4.69) is 11.2 Å². The lowest BCUT2D eigenvalue weighted by Gasteiger charge is -2.04. The summed E-state index contributed by atoms with van der Waals surface area (Å²) in [6.07, 6.45) is 5.45. The number of nitrogens with one attached hydrogen (secondary N) is 1. The molecule has 5 nitrogen and oxygen atoms in total. The summed E-state index contributed by atoms with van der Waals surface area (Å²) in [6, 6.07) is 3.67. The van der Waals surface area contributed by atoms with Gasteiger partial charge in [0.25, 0.3) is 11.6 Å². The van der Waals surface area contributed by atoms with Gasteiger partial charge in [-0.25, -0.2) is 0 Å². The molecule has 6 heteroatoms. The summed E-state index contributed by atoms with van der Waals surface area (Å²) in [7, 11) is 0. The molecule has 0 aliphatic rings. The second-order valence-corrected chi connectivity index (χ2v) is 3.54. The smallest absolute Gasteiger partial charge is 0.270 e. The minimum Gasteiger partial charge on any atom is -0.351 e. The van der Waals surface area contributed by atoms with Crippen LogP contribution in [0.1, 0.15) is 16.8 Å². The zero-order chi connectivity index (χ0) is 12.8. The van der Waals surface area contributed by atoms with Gasteiger partial charge < -0.3 is 5.32 Å². The molecule has 0 spiro atoms. The van der Waals surface area contributed by atoms with Crippen LogP contribution in [0.2, 0.25) is 5.02 Å². The number of hydrogen-bond donors (Lipinski definition) is 1. The van der Waals surface area contributed by atoms with E-state index in [1.165, 1.54) is 12.1 Å². The van der Waals surface area contributed by atoms with Crippen LogP contribution in [0.4, 0.5) is 5.69 Å². The van der Waals surface area contributed by atoms with Crippen LogP contribution in [0.25, 0.3) is 0 Å². The van der Waals surface area contributed by atoms with E-state index in [1.54, 1.807) is 0 Å². The van der Waals surface area contributed by atoms with Crippen LogP contribution in [0.3, 0.4) is 0 Å². The molecular weight excluding hydrogens is 244 g/mol. The lowest BCUT2D eigenvalue weighted by Crippen LogP contribution is -2.24. The van der Waals surface area contributed by atoms with Gasteiger partial charge >= 0.3 is 0 Å². The lowest BCUT2D eigenvalue weighted by atomic mass is 10.2. The van der Waals surface area contributed by atoms with Crippen LogP contribution in [0.5, 0.6) is 0 Å². The number of terminal acetylenes is 1. The highest BCUT2D eigenvalue weighted by Gasteiger charge is 2.14. The van der Waals surface area contributed by atoms with Gasteiger partial charge in [-0.1, -0.05) is 11.6 Å². The predicted molar refractivity (Wildman–Crippen MR) is 63.9 cm³/mol. The molecule has 0 saturated heterocycles. The van der Waals surface area contributed by atoms with Gasteiger partial charge in [-0.05, 0) is 6.07 Å². The molecule has 0 atom stereocenters. The van der Waals surface area contributed by atoms with E-state index >= 15 is 0 Å². The Labute approximate surface area is 103 Å². The normalized spacial score (nSPS) is 9.41. The van der Waals surface area contributed by atoms with Crippen molar-refractivity contribution in [1.82, 2.24) is 5.32 Å². The molecular formula is C11H9ClN2O3. The van der Waals surface area contributed by atoms with Gasteiger partial charge in [0, 0.05) is 25.1 Å². The molecule has 0 radical (unpaired) electrons. The van der Waals surface area contributed by atoms with E-state index in [1.807, 2.05) is 0 Å². The fourth-order valence-electron chi connectivity index (χ4n) is 1.15. The van der Waals surface area contributed by atoms with Crippen LogP contribution in [0.15, 0.2) is 18.2 Å². The van der Waals surface area contributed by atoms with Crippen molar-refractivity contribution in [3.05, 3.63) is 38.9 Å². The zero-order valence-corrected chi connectivity index (χ0v) is 9.53. The fraction of sp³-hybridized carbons (Fsp3) is 0.182. The van der Waals surface area contributed by atoms with Gasteiger partial charge in [-0.3, -0.25) is 14.9 Å². The SMILES string of the molecule is C#CCCNC(=O)c1ccc([N+](=O)[O-])cc1Cl. The number of halogens is 1. The molecule has 1 aromatic carbocycles. The van der Waals surface area contributed by atoms with Crippen molar-refractivity contribution < 1.29 is 9.72 Å². The minimum absolute atomic E-state index is 0.0393. The van der Waals surface area contributed by atoms with Crippen molar-refractivity contribution in [3.63, 3.8) is 0 Å². The van der Waals surface area contributed by atoms with Crippen LogP contribution in [-0.2, 0) is 0 Å². The van der Waals surface area contributed by atoms with Gasteiger partial charge in [0.1, 0.15) is 0 Å². The third-order valence-corrected chi connectivity index (χ3v) is 2.28. The number of hydrogen-bond acceptors (Lipinski definition) is 3. The highest BCUT2D eigenvalue weighted by Crippen LogP contribution is 2.22. The first-order valence-corrected chi connectivity index (χ1v) is 5.09. The molecule has 88 valence electrons. The maximum Gasteiger partial charge on any atom is 0.270 e. The summed E-state index contributed by atoms with van der Waals surface area (Å²) in [4.78, 5) is 21.5. The van der Waals surface area contributed by atoms with Crippen LogP contribution in [0, 0.1) is 22.5 Å². The Balaban J connectivity index is 2.82. The zero-order valence-electron chi connectivity index (χ0n) is 8.77. The molecule has 17 heavy (non-hydrogen) atoms. The summed E-state index contributed by atoms with van der Waals surface area (Å²) >= 11 is 5.78. The largest absolute Gasteiger partial charge is 0.351 e. The van der Waals surface area contributed by atoms with Crippen molar-refractivity contribution in [2.75, 3.05) is 6.54 Å². The van der Waals surface area contributed by atoms with Crippen molar-refractivity contribution in [1.29, 1.82) is 0 Å². The Bertz CT molecular complexity index is 494. The standard InChI is InChI=1S/C11H9ClN2O3/c1-2-3-6-13-11(15)9-5-4-8(14(16)17)7-10(9)12/h1,4-5,7H,3,6H2,(H,13,15). The molecule has 0 saturated carbocycles. The van der Waals surface area contributed by atoms with Crippen molar-refractivity contribution in [2.24, 2.45) is 0 Å². The van der Waals surface area contributed by atoms with Gasteiger partial charge in [-0.2, -0.15) is 0 Å². The number of carbonyl (C=O) groups excluding carboxylic acids is 1. The summed E-state index contributed by atoms with van der Waals surface area (Å²) < 4.78 is 0. The Morgan fingerprint density at radius 3 is 2.82 bits per heavy atom. The first kappa shape index (κ1) is 13.0. The maximum absolute atomic E-state index is 11.6. The highest BCUT2D eigenvalue weighted by atomic mass is 35.5. The monoisotopic (exact) mass is 252 g/mol. The maximum atomic E-state index is 11.6. The summed E-state index contributed by atoms with van der Waals surface area (Å²) in [5.74, 6) is 1.97. The first-order valence-electron chi connectivity index (χ1n) is 4.72. The number of non-ortho nitro benzene ring substituents is 1.